The molecule has 2 aromatic rings. The van der Waals surface area contributed by atoms with Gasteiger partial charge in [-0.25, -0.2) is 14.4 Å². The van der Waals surface area contributed by atoms with Crippen molar-refractivity contribution in [2.45, 2.75) is 32.4 Å². The zero-order valence-corrected chi connectivity index (χ0v) is 20.5. The van der Waals surface area contributed by atoms with Crippen LogP contribution in [-0.2, 0) is 0 Å². The van der Waals surface area contributed by atoms with Gasteiger partial charge in [0.1, 0.15) is 17.6 Å². The van der Waals surface area contributed by atoms with Gasteiger partial charge >= 0.3 is 0 Å². The number of rotatable bonds is 8. The number of nitrogens with zero attached hydrogens (tertiary/aromatic N) is 3. The molecule has 0 radical (unpaired) electrons. The standard InChI is InChI=1S/C22H30FN5O2.HI/c1-4-24-22(26-14-16(2)30-19-8-5-7-18(13-19)29-3)27-17-10-12-28(15-17)21-20(23)9-6-11-25-21;/h5-9,11,13,16-17H,4,10,12,14-15H2,1-3H3,(H2,24,26,27);1H. The average molecular weight is 543 g/mol. The Labute approximate surface area is 200 Å². The fourth-order valence-corrected chi connectivity index (χ4v) is 3.36. The Morgan fingerprint density at radius 2 is 2.13 bits per heavy atom. The summed E-state index contributed by atoms with van der Waals surface area (Å²) in [7, 11) is 1.63. The molecule has 2 N–H and O–H groups in total. The number of nitrogens with one attached hydrogen (secondary N) is 2. The van der Waals surface area contributed by atoms with E-state index in [1.807, 2.05) is 43.0 Å². The number of guanidine groups is 1. The number of aliphatic imine (C=N–C) groups is 1. The highest BCUT2D eigenvalue weighted by Gasteiger charge is 2.26. The molecule has 9 heteroatoms. The summed E-state index contributed by atoms with van der Waals surface area (Å²) in [6.07, 6.45) is 2.40. The van der Waals surface area contributed by atoms with E-state index in [1.165, 1.54) is 6.07 Å². The summed E-state index contributed by atoms with van der Waals surface area (Å²) in [6.45, 7) is 6.68. The van der Waals surface area contributed by atoms with Crippen molar-refractivity contribution in [3.63, 3.8) is 0 Å². The van der Waals surface area contributed by atoms with Gasteiger partial charge in [0.25, 0.3) is 0 Å². The van der Waals surface area contributed by atoms with Crippen molar-refractivity contribution in [1.82, 2.24) is 15.6 Å². The second-order valence-corrected chi connectivity index (χ2v) is 7.21. The summed E-state index contributed by atoms with van der Waals surface area (Å²) < 4.78 is 25.2. The Bertz CT molecular complexity index is 854. The zero-order valence-electron chi connectivity index (χ0n) is 18.2. The first-order valence-electron chi connectivity index (χ1n) is 10.3. The number of benzene rings is 1. The first-order chi connectivity index (χ1) is 14.6. The predicted octanol–water partition coefficient (Wildman–Crippen LogP) is 3.45. The van der Waals surface area contributed by atoms with Crippen molar-refractivity contribution in [2.75, 3.05) is 38.2 Å². The molecule has 1 aromatic heterocycles. The summed E-state index contributed by atoms with van der Waals surface area (Å²) in [4.78, 5) is 10.8. The highest BCUT2D eigenvalue weighted by molar-refractivity contribution is 14.0. The van der Waals surface area contributed by atoms with E-state index >= 15 is 0 Å². The van der Waals surface area contributed by atoms with Gasteiger partial charge in [0, 0.05) is 37.9 Å². The minimum absolute atomic E-state index is 0. The van der Waals surface area contributed by atoms with Crippen molar-refractivity contribution in [2.24, 2.45) is 4.99 Å². The Kier molecular flexibility index (Phi) is 10.1. The number of methoxy groups -OCH3 is 1. The van der Waals surface area contributed by atoms with Gasteiger partial charge in [-0.15, -0.1) is 24.0 Å². The van der Waals surface area contributed by atoms with Crippen LogP contribution in [0.5, 0.6) is 11.5 Å². The van der Waals surface area contributed by atoms with E-state index in [-0.39, 0.29) is 41.9 Å². The number of ether oxygens (including phenoxy) is 2. The SMILES string of the molecule is CCNC(=NCC(C)Oc1cccc(OC)c1)NC1CCN(c2ncccc2F)C1.I. The van der Waals surface area contributed by atoms with Crippen LogP contribution in [0.4, 0.5) is 10.2 Å². The van der Waals surface area contributed by atoms with E-state index in [4.69, 9.17) is 9.47 Å². The van der Waals surface area contributed by atoms with E-state index in [0.717, 1.165) is 37.0 Å². The lowest BCUT2D eigenvalue weighted by atomic mass is 10.3. The van der Waals surface area contributed by atoms with Gasteiger partial charge in [-0.1, -0.05) is 6.07 Å². The average Bonchev–Trinajstić information content (AvgIpc) is 3.21. The first kappa shape index (κ1) is 25.0. The highest BCUT2D eigenvalue weighted by Crippen LogP contribution is 2.21. The fraction of sp³-hybridized carbons (Fsp3) is 0.455. The fourth-order valence-electron chi connectivity index (χ4n) is 3.36. The molecule has 1 aliphatic rings. The molecule has 2 atom stereocenters. The van der Waals surface area contributed by atoms with Gasteiger partial charge in [-0.05, 0) is 44.5 Å². The van der Waals surface area contributed by atoms with Crippen LogP contribution >= 0.6 is 24.0 Å². The Morgan fingerprint density at radius 1 is 1.32 bits per heavy atom. The number of hydrogen-bond donors (Lipinski definition) is 2. The van der Waals surface area contributed by atoms with Crippen LogP contribution in [0.3, 0.4) is 0 Å². The maximum atomic E-state index is 14.0. The molecule has 0 aliphatic carbocycles. The van der Waals surface area contributed by atoms with Gasteiger partial charge in [0.15, 0.2) is 17.6 Å². The molecule has 0 spiro atoms. The van der Waals surface area contributed by atoms with E-state index in [0.29, 0.717) is 18.9 Å². The zero-order chi connectivity index (χ0) is 21.3. The number of aromatic nitrogens is 1. The Hall–Kier alpha value is -2.30. The van der Waals surface area contributed by atoms with Gasteiger partial charge in [0.05, 0.1) is 13.7 Å². The largest absolute Gasteiger partial charge is 0.497 e. The maximum absolute atomic E-state index is 14.0. The lowest BCUT2D eigenvalue weighted by Gasteiger charge is -2.20. The van der Waals surface area contributed by atoms with Gasteiger partial charge in [-0.2, -0.15) is 0 Å². The quantitative estimate of drug-likeness (QED) is 0.302. The second kappa shape index (κ2) is 12.5. The predicted molar refractivity (Wildman–Crippen MR) is 132 cm³/mol. The minimum atomic E-state index is -0.290. The molecule has 0 saturated carbocycles. The normalized spacial score (nSPS) is 17.0. The number of halogens is 2. The van der Waals surface area contributed by atoms with Crippen LogP contribution in [0.25, 0.3) is 0 Å². The van der Waals surface area contributed by atoms with Crippen LogP contribution in [0.15, 0.2) is 47.6 Å². The molecule has 7 nitrogen and oxygen atoms in total. The summed E-state index contributed by atoms with van der Waals surface area (Å²) in [5, 5.41) is 6.71. The van der Waals surface area contributed by atoms with Gasteiger partial charge in [0.2, 0.25) is 0 Å². The molecule has 2 unspecified atom stereocenters. The molecule has 1 fully saturated rings. The van der Waals surface area contributed by atoms with E-state index in [9.17, 15) is 4.39 Å². The summed E-state index contributed by atoms with van der Waals surface area (Å²) in [5.41, 5.74) is 0. The molecular weight excluding hydrogens is 512 g/mol. The van der Waals surface area contributed by atoms with Crippen molar-refractivity contribution in [3.05, 3.63) is 48.4 Å². The Morgan fingerprint density at radius 3 is 2.87 bits per heavy atom. The highest BCUT2D eigenvalue weighted by atomic mass is 127. The molecule has 0 bridgehead atoms. The van der Waals surface area contributed by atoms with E-state index in [1.54, 1.807) is 19.4 Å². The maximum Gasteiger partial charge on any atom is 0.191 e. The van der Waals surface area contributed by atoms with E-state index < -0.39 is 0 Å². The molecular formula is C22H31FIN5O2. The summed E-state index contributed by atoms with van der Waals surface area (Å²) in [5.74, 6) is 2.35. The van der Waals surface area contributed by atoms with E-state index in [2.05, 4.69) is 20.6 Å². The number of pyridine rings is 1. The molecule has 3 rings (SSSR count). The first-order valence-corrected chi connectivity index (χ1v) is 10.3. The molecule has 1 aliphatic heterocycles. The third-order valence-electron chi connectivity index (χ3n) is 4.80. The van der Waals surface area contributed by atoms with Crippen molar-refractivity contribution in [1.29, 1.82) is 0 Å². The lowest BCUT2D eigenvalue weighted by molar-refractivity contribution is 0.229. The number of anilines is 1. The number of hydrogen-bond acceptors (Lipinski definition) is 5. The van der Waals surface area contributed by atoms with Crippen molar-refractivity contribution < 1.29 is 13.9 Å². The molecule has 170 valence electrons. The molecule has 1 aromatic carbocycles. The van der Waals surface area contributed by atoms with Crippen LogP contribution < -0.4 is 25.0 Å². The molecule has 31 heavy (non-hydrogen) atoms. The summed E-state index contributed by atoms with van der Waals surface area (Å²) >= 11 is 0. The molecule has 0 amide bonds. The third kappa shape index (κ3) is 7.41. The second-order valence-electron chi connectivity index (χ2n) is 7.21. The van der Waals surface area contributed by atoms with Gasteiger partial charge < -0.3 is 25.0 Å². The van der Waals surface area contributed by atoms with Crippen molar-refractivity contribution >= 4 is 35.8 Å². The van der Waals surface area contributed by atoms with Gasteiger partial charge in [-0.3, -0.25) is 0 Å². The molecule has 1 saturated heterocycles. The lowest BCUT2D eigenvalue weighted by Crippen LogP contribution is -2.45. The van der Waals surface area contributed by atoms with Crippen LogP contribution in [0.2, 0.25) is 0 Å². The summed E-state index contributed by atoms with van der Waals surface area (Å²) in [6, 6.07) is 10.7. The Balaban J connectivity index is 0.00000341. The molecule has 2 heterocycles. The van der Waals surface area contributed by atoms with Crippen molar-refractivity contribution in [3.8, 4) is 11.5 Å². The minimum Gasteiger partial charge on any atom is -0.497 e. The smallest absolute Gasteiger partial charge is 0.191 e. The monoisotopic (exact) mass is 543 g/mol. The van der Waals surface area contributed by atoms with Crippen LogP contribution in [0.1, 0.15) is 20.3 Å². The third-order valence-corrected chi connectivity index (χ3v) is 4.80. The topological polar surface area (TPSA) is 71.0 Å². The van der Waals surface area contributed by atoms with Crippen LogP contribution in [0, 0.1) is 5.82 Å². The van der Waals surface area contributed by atoms with Crippen LogP contribution in [-0.4, -0.2) is 56.4 Å².